The molecule has 0 radical (unpaired) electrons. The maximum atomic E-state index is 9.58. The van der Waals surface area contributed by atoms with Crippen LogP contribution in [0, 0.1) is 0 Å². The highest BCUT2D eigenvalue weighted by Crippen LogP contribution is 2.13. The molecular formula is C10H18O2. The van der Waals surface area contributed by atoms with E-state index in [4.69, 9.17) is 4.74 Å². The molecule has 0 aromatic carbocycles. The maximum Gasteiger partial charge on any atom is 0.101 e. The van der Waals surface area contributed by atoms with Crippen molar-refractivity contribution >= 4 is 0 Å². The summed E-state index contributed by atoms with van der Waals surface area (Å²) in [5.41, 5.74) is -0.958. The standard InChI is InChI=1S/C10H18O2/c1-5-9(12-7-3)8-10(4,11)6-2/h6,8,11H,2,5,7H2,1,3-4H3. The Morgan fingerprint density at radius 2 is 2.17 bits per heavy atom. The van der Waals surface area contributed by atoms with Crippen LogP contribution in [0.1, 0.15) is 27.2 Å². The molecule has 0 aromatic rings. The van der Waals surface area contributed by atoms with Crippen LogP contribution in [0.3, 0.4) is 0 Å². The minimum atomic E-state index is -0.958. The first-order chi connectivity index (χ1) is 5.55. The number of hydrogen-bond acceptors (Lipinski definition) is 2. The average molecular weight is 170 g/mol. The van der Waals surface area contributed by atoms with Crippen molar-refractivity contribution in [2.45, 2.75) is 32.8 Å². The Labute approximate surface area is 74.6 Å². The van der Waals surface area contributed by atoms with E-state index in [-0.39, 0.29) is 0 Å². The van der Waals surface area contributed by atoms with Crippen LogP contribution in [0.5, 0.6) is 0 Å². The number of hydrogen-bond donors (Lipinski definition) is 1. The van der Waals surface area contributed by atoms with Gasteiger partial charge in [-0.2, -0.15) is 0 Å². The lowest BCUT2D eigenvalue weighted by Gasteiger charge is -2.15. The molecule has 2 nitrogen and oxygen atoms in total. The smallest absolute Gasteiger partial charge is 0.101 e. The van der Waals surface area contributed by atoms with Gasteiger partial charge in [0.2, 0.25) is 0 Å². The SMILES string of the molecule is C=CC(C)(O)C=C(CC)OCC. The number of aliphatic hydroxyl groups is 1. The number of ether oxygens (including phenoxy) is 1. The third kappa shape index (κ3) is 4.19. The highest BCUT2D eigenvalue weighted by atomic mass is 16.5. The van der Waals surface area contributed by atoms with Crippen LogP contribution in [0.25, 0.3) is 0 Å². The predicted octanol–water partition coefficient (Wildman–Crippen LogP) is 2.25. The Balaban J connectivity index is 4.35. The van der Waals surface area contributed by atoms with E-state index in [1.54, 1.807) is 13.0 Å². The van der Waals surface area contributed by atoms with Gasteiger partial charge in [-0.15, -0.1) is 0 Å². The van der Waals surface area contributed by atoms with Gasteiger partial charge in [-0.25, -0.2) is 0 Å². The molecule has 70 valence electrons. The monoisotopic (exact) mass is 170 g/mol. The molecule has 0 rings (SSSR count). The molecule has 0 aromatic heterocycles. The fourth-order valence-electron chi connectivity index (χ4n) is 0.816. The molecule has 0 fully saturated rings. The van der Waals surface area contributed by atoms with Crippen molar-refractivity contribution in [1.29, 1.82) is 0 Å². The first-order valence-electron chi connectivity index (χ1n) is 4.26. The van der Waals surface area contributed by atoms with Gasteiger partial charge < -0.3 is 9.84 Å². The Bertz CT molecular complexity index is 169. The molecule has 0 saturated carbocycles. The fourth-order valence-corrected chi connectivity index (χ4v) is 0.816. The Hall–Kier alpha value is -0.760. The van der Waals surface area contributed by atoms with Gasteiger partial charge in [-0.05, 0) is 19.9 Å². The Morgan fingerprint density at radius 3 is 2.50 bits per heavy atom. The largest absolute Gasteiger partial charge is 0.498 e. The summed E-state index contributed by atoms with van der Waals surface area (Å²) < 4.78 is 5.28. The lowest BCUT2D eigenvalue weighted by atomic mass is 10.1. The minimum Gasteiger partial charge on any atom is -0.498 e. The van der Waals surface area contributed by atoms with Crippen molar-refractivity contribution < 1.29 is 9.84 Å². The van der Waals surface area contributed by atoms with Crippen LogP contribution in [-0.4, -0.2) is 17.3 Å². The summed E-state index contributed by atoms with van der Waals surface area (Å²) in [5, 5.41) is 9.58. The van der Waals surface area contributed by atoms with Crippen molar-refractivity contribution in [3.05, 3.63) is 24.5 Å². The minimum absolute atomic E-state index is 0.632. The summed E-state index contributed by atoms with van der Waals surface area (Å²) >= 11 is 0. The summed E-state index contributed by atoms with van der Waals surface area (Å²) in [4.78, 5) is 0. The molecule has 12 heavy (non-hydrogen) atoms. The van der Waals surface area contributed by atoms with E-state index >= 15 is 0 Å². The molecule has 2 heteroatoms. The van der Waals surface area contributed by atoms with E-state index in [0.29, 0.717) is 6.61 Å². The lowest BCUT2D eigenvalue weighted by molar-refractivity contribution is 0.149. The zero-order valence-corrected chi connectivity index (χ0v) is 8.13. The zero-order valence-electron chi connectivity index (χ0n) is 8.13. The maximum absolute atomic E-state index is 9.58. The molecule has 1 N–H and O–H groups in total. The van der Waals surface area contributed by atoms with Crippen molar-refractivity contribution in [1.82, 2.24) is 0 Å². The molecule has 0 aliphatic heterocycles. The quantitative estimate of drug-likeness (QED) is 0.506. The summed E-state index contributed by atoms with van der Waals surface area (Å²) in [5.74, 6) is 0.808. The molecule has 0 saturated heterocycles. The predicted molar refractivity (Wildman–Crippen MR) is 50.8 cm³/mol. The van der Waals surface area contributed by atoms with Crippen LogP contribution in [0.2, 0.25) is 0 Å². The van der Waals surface area contributed by atoms with E-state index in [1.807, 2.05) is 13.8 Å². The molecule has 0 bridgehead atoms. The molecular weight excluding hydrogens is 152 g/mol. The van der Waals surface area contributed by atoms with Crippen LogP contribution in [0.15, 0.2) is 24.5 Å². The molecule has 1 unspecified atom stereocenters. The first kappa shape index (κ1) is 11.2. The third-order valence-electron chi connectivity index (χ3n) is 1.54. The highest BCUT2D eigenvalue weighted by molar-refractivity contribution is 5.11. The summed E-state index contributed by atoms with van der Waals surface area (Å²) in [6, 6.07) is 0. The summed E-state index contributed by atoms with van der Waals surface area (Å²) in [7, 11) is 0. The topological polar surface area (TPSA) is 29.5 Å². The van der Waals surface area contributed by atoms with Crippen LogP contribution >= 0.6 is 0 Å². The number of rotatable bonds is 5. The molecule has 0 spiro atoms. The molecule has 0 heterocycles. The summed E-state index contributed by atoms with van der Waals surface area (Å²) in [6.45, 7) is 9.75. The van der Waals surface area contributed by atoms with E-state index < -0.39 is 5.60 Å². The highest BCUT2D eigenvalue weighted by Gasteiger charge is 2.12. The van der Waals surface area contributed by atoms with Gasteiger partial charge in [0.15, 0.2) is 0 Å². The van der Waals surface area contributed by atoms with Gasteiger partial charge in [0.1, 0.15) is 5.60 Å². The number of allylic oxidation sites excluding steroid dienone is 1. The third-order valence-corrected chi connectivity index (χ3v) is 1.54. The fraction of sp³-hybridized carbons (Fsp3) is 0.600. The van der Waals surface area contributed by atoms with Crippen LogP contribution in [0.4, 0.5) is 0 Å². The van der Waals surface area contributed by atoms with Crippen molar-refractivity contribution in [2.75, 3.05) is 6.61 Å². The van der Waals surface area contributed by atoms with E-state index in [1.165, 1.54) is 6.08 Å². The van der Waals surface area contributed by atoms with Gasteiger partial charge in [-0.3, -0.25) is 0 Å². The van der Waals surface area contributed by atoms with E-state index in [9.17, 15) is 5.11 Å². The van der Waals surface area contributed by atoms with Gasteiger partial charge in [0, 0.05) is 6.42 Å². The van der Waals surface area contributed by atoms with E-state index in [0.717, 1.165) is 12.2 Å². The molecule has 0 aliphatic rings. The molecule has 0 aliphatic carbocycles. The van der Waals surface area contributed by atoms with Gasteiger partial charge >= 0.3 is 0 Å². The molecule has 1 atom stereocenters. The van der Waals surface area contributed by atoms with Crippen LogP contribution < -0.4 is 0 Å². The van der Waals surface area contributed by atoms with Gasteiger partial charge in [0.25, 0.3) is 0 Å². The van der Waals surface area contributed by atoms with Crippen molar-refractivity contribution in [3.8, 4) is 0 Å². The van der Waals surface area contributed by atoms with Crippen LogP contribution in [-0.2, 0) is 4.74 Å². The first-order valence-corrected chi connectivity index (χ1v) is 4.26. The van der Waals surface area contributed by atoms with Gasteiger partial charge in [0.05, 0.1) is 12.4 Å². The normalized spacial score (nSPS) is 16.8. The zero-order chi connectivity index (χ0) is 9.61. The second-order valence-electron chi connectivity index (χ2n) is 2.83. The Morgan fingerprint density at radius 1 is 1.58 bits per heavy atom. The average Bonchev–Trinajstić information content (AvgIpc) is 2.03. The van der Waals surface area contributed by atoms with Crippen molar-refractivity contribution in [3.63, 3.8) is 0 Å². The second-order valence-corrected chi connectivity index (χ2v) is 2.83. The Kier molecular flexibility index (Phi) is 4.67. The van der Waals surface area contributed by atoms with Gasteiger partial charge in [-0.1, -0.05) is 19.6 Å². The summed E-state index contributed by atoms with van der Waals surface area (Å²) in [6.07, 6.45) is 3.96. The van der Waals surface area contributed by atoms with E-state index in [2.05, 4.69) is 6.58 Å². The lowest BCUT2D eigenvalue weighted by Crippen LogP contribution is -2.17. The molecule has 0 amide bonds. The van der Waals surface area contributed by atoms with Crippen molar-refractivity contribution in [2.24, 2.45) is 0 Å². The second kappa shape index (κ2) is 4.99.